The van der Waals surface area contributed by atoms with Gasteiger partial charge in [0.2, 0.25) is 0 Å². The molecule has 1 heterocycles. The van der Waals surface area contributed by atoms with Gasteiger partial charge in [-0.25, -0.2) is 0 Å². The summed E-state index contributed by atoms with van der Waals surface area (Å²) in [5.41, 5.74) is 0.352. The Labute approximate surface area is 62.8 Å². The highest BCUT2D eigenvalue weighted by Gasteiger charge is 1.95. The predicted octanol–water partition coefficient (Wildman–Crippen LogP) is 1.92. The summed E-state index contributed by atoms with van der Waals surface area (Å²) in [7, 11) is 0. The molecule has 0 aliphatic rings. The lowest BCUT2D eigenvalue weighted by Gasteiger charge is -1.86. The first-order valence-electron chi connectivity index (χ1n) is 2.72. The Bertz CT molecular complexity index is 268. The van der Waals surface area contributed by atoms with Crippen molar-refractivity contribution in [3.8, 4) is 0 Å². The molecule has 2 N–H and O–H groups in total. The van der Waals surface area contributed by atoms with Crippen LogP contribution in [0.15, 0.2) is 23.6 Å². The minimum atomic E-state index is 0.352. The van der Waals surface area contributed by atoms with Gasteiger partial charge in [-0.2, -0.15) is 0 Å². The molecular formula is C7H6N2S. The second-order valence-electron chi connectivity index (χ2n) is 1.68. The van der Waals surface area contributed by atoms with Gasteiger partial charge in [0.25, 0.3) is 0 Å². The summed E-state index contributed by atoms with van der Waals surface area (Å²) in [5.74, 6) is 2.06. The molecule has 1 aromatic heterocycles. The Kier molecular flexibility index (Phi) is 2.15. The summed E-state index contributed by atoms with van der Waals surface area (Å²) in [4.78, 5) is 0.875. The van der Waals surface area contributed by atoms with Gasteiger partial charge in [0, 0.05) is 6.08 Å². The van der Waals surface area contributed by atoms with E-state index >= 15 is 0 Å². The largest absolute Gasteiger partial charge is 0.299 e. The van der Waals surface area contributed by atoms with Crippen LogP contribution in [0, 0.1) is 10.8 Å². The zero-order valence-electron chi connectivity index (χ0n) is 5.22. The highest BCUT2D eigenvalue weighted by atomic mass is 32.1. The summed E-state index contributed by atoms with van der Waals surface area (Å²) in [6.45, 7) is 0. The molecule has 0 amide bonds. The third-order valence-electron chi connectivity index (χ3n) is 1.00. The van der Waals surface area contributed by atoms with Crippen LogP contribution in [-0.4, -0.2) is 11.6 Å². The minimum absolute atomic E-state index is 0.352. The summed E-state index contributed by atoms with van der Waals surface area (Å²) in [5, 5.41) is 15.8. The third kappa shape index (κ3) is 1.41. The lowest BCUT2D eigenvalue weighted by atomic mass is 10.3. The first-order valence-corrected chi connectivity index (χ1v) is 3.60. The molecule has 0 radical (unpaired) electrons. The van der Waals surface area contributed by atoms with Crippen LogP contribution >= 0.6 is 11.3 Å². The van der Waals surface area contributed by atoms with Crippen molar-refractivity contribution in [2.24, 2.45) is 0 Å². The van der Waals surface area contributed by atoms with E-state index in [-0.39, 0.29) is 0 Å². The Morgan fingerprint density at radius 1 is 1.70 bits per heavy atom. The Balaban J connectivity index is 2.87. The van der Waals surface area contributed by atoms with Gasteiger partial charge in [0.15, 0.2) is 0 Å². The fourth-order valence-corrected chi connectivity index (χ4v) is 1.22. The summed E-state index contributed by atoms with van der Waals surface area (Å²) in [6.07, 6.45) is 1.34. The lowest BCUT2D eigenvalue weighted by molar-refractivity contribution is 1.53. The average molecular weight is 150 g/mol. The van der Waals surface area contributed by atoms with E-state index in [1.54, 1.807) is 0 Å². The van der Waals surface area contributed by atoms with E-state index in [1.807, 2.05) is 17.5 Å². The maximum Gasteiger partial charge on any atom is 0.0804 e. The van der Waals surface area contributed by atoms with Gasteiger partial charge in [0.1, 0.15) is 0 Å². The molecule has 0 aliphatic carbocycles. The molecule has 0 spiro atoms. The summed E-state index contributed by atoms with van der Waals surface area (Å²) < 4.78 is 0. The average Bonchev–Trinajstić information content (AvgIpc) is 2.38. The molecule has 0 bridgehead atoms. The number of thiophene rings is 1. The van der Waals surface area contributed by atoms with E-state index in [9.17, 15) is 0 Å². The van der Waals surface area contributed by atoms with Crippen LogP contribution in [0.3, 0.4) is 0 Å². The van der Waals surface area contributed by atoms with E-state index in [1.165, 1.54) is 17.4 Å². The van der Waals surface area contributed by atoms with E-state index in [0.29, 0.717) is 5.71 Å². The van der Waals surface area contributed by atoms with Gasteiger partial charge in [-0.1, -0.05) is 6.07 Å². The molecular weight excluding hydrogens is 144 g/mol. The molecule has 2 nitrogen and oxygen atoms in total. The maximum atomic E-state index is 7.32. The van der Waals surface area contributed by atoms with Crippen LogP contribution in [-0.2, 0) is 0 Å². The van der Waals surface area contributed by atoms with E-state index in [2.05, 4.69) is 5.87 Å². The molecule has 0 atom stereocenters. The molecule has 0 saturated heterocycles. The van der Waals surface area contributed by atoms with Crippen molar-refractivity contribution in [2.45, 2.75) is 0 Å². The summed E-state index contributed by atoms with van der Waals surface area (Å²) >= 11 is 1.49. The fourth-order valence-electron chi connectivity index (χ4n) is 0.575. The first-order chi connectivity index (χ1) is 4.84. The van der Waals surface area contributed by atoms with Crippen molar-refractivity contribution in [1.82, 2.24) is 0 Å². The van der Waals surface area contributed by atoms with Crippen molar-refractivity contribution in [3.63, 3.8) is 0 Å². The number of nitrogens with one attached hydrogen (secondary N) is 2. The number of allylic oxidation sites excluding steroid dienone is 1. The molecule has 3 heteroatoms. The molecule has 0 saturated carbocycles. The fraction of sp³-hybridized carbons (Fsp3) is 0. The van der Waals surface area contributed by atoms with Crippen LogP contribution in [0.2, 0.25) is 0 Å². The molecule has 0 unspecified atom stereocenters. The zero-order chi connectivity index (χ0) is 7.40. The normalized spacial score (nSPS) is 8.40. The van der Waals surface area contributed by atoms with Crippen LogP contribution in [0.5, 0.6) is 0 Å². The smallest absolute Gasteiger partial charge is 0.0804 e. The summed E-state index contributed by atoms with van der Waals surface area (Å²) in [6, 6.07) is 3.73. The Morgan fingerprint density at radius 2 is 2.50 bits per heavy atom. The third-order valence-corrected chi connectivity index (χ3v) is 1.91. The van der Waals surface area contributed by atoms with Crippen molar-refractivity contribution < 1.29 is 0 Å². The second kappa shape index (κ2) is 3.11. The predicted molar refractivity (Wildman–Crippen MR) is 43.4 cm³/mol. The quantitative estimate of drug-likeness (QED) is 0.605. The minimum Gasteiger partial charge on any atom is -0.299 e. The van der Waals surface area contributed by atoms with E-state index in [0.717, 1.165) is 4.88 Å². The van der Waals surface area contributed by atoms with Gasteiger partial charge in [-0.3, -0.25) is 10.8 Å². The van der Waals surface area contributed by atoms with Crippen LogP contribution in [0.1, 0.15) is 4.88 Å². The second-order valence-corrected chi connectivity index (χ2v) is 2.63. The van der Waals surface area contributed by atoms with Crippen LogP contribution in [0.25, 0.3) is 0 Å². The Hall–Kier alpha value is -1.18. The van der Waals surface area contributed by atoms with Crippen molar-refractivity contribution in [1.29, 1.82) is 10.8 Å². The van der Waals surface area contributed by atoms with Gasteiger partial charge < -0.3 is 0 Å². The lowest BCUT2D eigenvalue weighted by Crippen LogP contribution is -1.88. The van der Waals surface area contributed by atoms with Crippen molar-refractivity contribution in [3.05, 3.63) is 28.5 Å². The standard InChI is InChI=1S/C7H6N2S/c8-4-3-6(9)7-2-1-5-10-7/h1-3,5,8-9H. The monoisotopic (exact) mass is 150 g/mol. The Morgan fingerprint density at radius 3 is 3.00 bits per heavy atom. The van der Waals surface area contributed by atoms with Crippen molar-refractivity contribution >= 4 is 22.9 Å². The highest BCUT2D eigenvalue weighted by Crippen LogP contribution is 2.08. The van der Waals surface area contributed by atoms with Crippen LogP contribution in [0.4, 0.5) is 0 Å². The highest BCUT2D eigenvalue weighted by molar-refractivity contribution is 7.12. The van der Waals surface area contributed by atoms with Crippen molar-refractivity contribution in [2.75, 3.05) is 0 Å². The van der Waals surface area contributed by atoms with E-state index in [4.69, 9.17) is 10.8 Å². The van der Waals surface area contributed by atoms with Gasteiger partial charge in [0.05, 0.1) is 10.6 Å². The van der Waals surface area contributed by atoms with Crippen LogP contribution < -0.4 is 0 Å². The first kappa shape index (κ1) is 6.93. The molecule has 1 rings (SSSR count). The number of hydrogen-bond donors (Lipinski definition) is 2. The van der Waals surface area contributed by atoms with Gasteiger partial charge in [-0.05, 0) is 17.3 Å². The number of hydrogen-bond acceptors (Lipinski definition) is 3. The molecule has 0 aromatic carbocycles. The van der Waals surface area contributed by atoms with Gasteiger partial charge >= 0.3 is 0 Å². The molecule has 1 aromatic rings. The molecule has 0 fully saturated rings. The number of rotatable bonds is 2. The molecule has 50 valence electrons. The maximum absolute atomic E-state index is 7.32. The topological polar surface area (TPSA) is 47.7 Å². The SMILES string of the molecule is N=C=CC(=N)c1cccs1. The zero-order valence-corrected chi connectivity index (χ0v) is 6.03. The molecule has 10 heavy (non-hydrogen) atoms. The van der Waals surface area contributed by atoms with E-state index < -0.39 is 0 Å². The van der Waals surface area contributed by atoms with Gasteiger partial charge in [-0.15, -0.1) is 11.3 Å². The molecule has 0 aliphatic heterocycles.